The Morgan fingerprint density at radius 3 is 2.95 bits per heavy atom. The fourth-order valence-electron chi connectivity index (χ4n) is 3.10. The summed E-state index contributed by atoms with van der Waals surface area (Å²) in [6.45, 7) is 8.91. The number of ether oxygens (including phenoxy) is 2. The van der Waals surface area contributed by atoms with Crippen LogP contribution in [0.3, 0.4) is 0 Å². The van der Waals surface area contributed by atoms with Crippen molar-refractivity contribution in [1.82, 2.24) is 10.2 Å². The van der Waals surface area contributed by atoms with Crippen LogP contribution in [-0.4, -0.2) is 62.5 Å². The van der Waals surface area contributed by atoms with Crippen molar-refractivity contribution in [2.45, 2.75) is 57.3 Å². The van der Waals surface area contributed by atoms with Gasteiger partial charge >= 0.3 is 0 Å². The lowest BCUT2D eigenvalue weighted by molar-refractivity contribution is -0.121. The van der Waals surface area contributed by atoms with E-state index in [0.29, 0.717) is 6.61 Å². The molecule has 2 saturated heterocycles. The van der Waals surface area contributed by atoms with Gasteiger partial charge in [0.1, 0.15) is 0 Å². The summed E-state index contributed by atoms with van der Waals surface area (Å²) in [5, 5.41) is 3.41. The maximum Gasteiger partial charge on any atom is 0.0940 e. The third kappa shape index (κ3) is 5.03. The standard InChI is InChI=1S/C15H30N2O2/c1-15(2)12-16-10-14(19-15)11-18-9-7-13-6-4-5-8-17(13)3/h13-14,16H,4-12H2,1-3H3. The number of piperidine rings is 1. The maximum atomic E-state index is 5.99. The Bertz CT molecular complexity index is 271. The van der Waals surface area contributed by atoms with E-state index < -0.39 is 0 Å². The van der Waals surface area contributed by atoms with Crippen molar-refractivity contribution in [3.63, 3.8) is 0 Å². The van der Waals surface area contributed by atoms with E-state index in [1.807, 2.05) is 0 Å². The number of hydrogen-bond acceptors (Lipinski definition) is 4. The zero-order chi connectivity index (χ0) is 13.7. The van der Waals surface area contributed by atoms with Crippen LogP contribution < -0.4 is 5.32 Å². The summed E-state index contributed by atoms with van der Waals surface area (Å²) in [5.74, 6) is 0. The lowest BCUT2D eigenvalue weighted by Gasteiger charge is -2.36. The third-order valence-corrected chi connectivity index (χ3v) is 4.23. The Hall–Kier alpha value is -0.160. The summed E-state index contributed by atoms with van der Waals surface area (Å²) in [7, 11) is 2.24. The quantitative estimate of drug-likeness (QED) is 0.770. The molecule has 2 fully saturated rings. The second-order valence-corrected chi connectivity index (χ2v) is 6.62. The van der Waals surface area contributed by atoms with Gasteiger partial charge in [0.05, 0.1) is 18.3 Å². The average molecular weight is 270 g/mol. The highest BCUT2D eigenvalue weighted by Gasteiger charge is 2.28. The average Bonchev–Trinajstić information content (AvgIpc) is 2.35. The SMILES string of the molecule is CN1CCCCC1CCOCC1CNCC(C)(C)O1. The van der Waals surface area contributed by atoms with E-state index in [1.165, 1.54) is 25.8 Å². The number of nitrogens with zero attached hydrogens (tertiary/aromatic N) is 1. The molecule has 0 amide bonds. The van der Waals surface area contributed by atoms with Gasteiger partial charge in [-0.1, -0.05) is 6.42 Å². The van der Waals surface area contributed by atoms with Gasteiger partial charge in [-0.05, 0) is 46.7 Å². The Morgan fingerprint density at radius 2 is 2.21 bits per heavy atom. The minimum Gasteiger partial charge on any atom is -0.379 e. The monoisotopic (exact) mass is 270 g/mol. The predicted molar refractivity (Wildman–Crippen MR) is 77.5 cm³/mol. The molecule has 2 heterocycles. The fourth-order valence-corrected chi connectivity index (χ4v) is 3.10. The summed E-state index contributed by atoms with van der Waals surface area (Å²) in [6, 6.07) is 0.718. The molecule has 0 radical (unpaired) electrons. The van der Waals surface area contributed by atoms with E-state index in [-0.39, 0.29) is 11.7 Å². The van der Waals surface area contributed by atoms with E-state index in [0.717, 1.165) is 32.2 Å². The Kier molecular flexibility index (Phi) is 5.63. The van der Waals surface area contributed by atoms with E-state index in [2.05, 4.69) is 31.1 Å². The number of likely N-dealkylation sites (tertiary alicyclic amines) is 1. The van der Waals surface area contributed by atoms with Gasteiger partial charge in [0.2, 0.25) is 0 Å². The molecule has 19 heavy (non-hydrogen) atoms. The van der Waals surface area contributed by atoms with Crippen LogP contribution in [0.2, 0.25) is 0 Å². The molecule has 0 aromatic heterocycles. The van der Waals surface area contributed by atoms with Crippen LogP contribution in [-0.2, 0) is 9.47 Å². The zero-order valence-electron chi connectivity index (χ0n) is 12.8. The van der Waals surface area contributed by atoms with Crippen LogP contribution in [0.1, 0.15) is 39.5 Å². The maximum absolute atomic E-state index is 5.99. The fraction of sp³-hybridized carbons (Fsp3) is 1.00. The Balaban J connectivity index is 1.58. The van der Waals surface area contributed by atoms with Crippen molar-refractivity contribution in [2.75, 3.05) is 39.9 Å². The summed E-state index contributed by atoms with van der Waals surface area (Å²) >= 11 is 0. The van der Waals surface area contributed by atoms with Crippen molar-refractivity contribution < 1.29 is 9.47 Å². The van der Waals surface area contributed by atoms with Gasteiger partial charge in [0, 0.05) is 25.7 Å². The Morgan fingerprint density at radius 1 is 1.37 bits per heavy atom. The highest BCUT2D eigenvalue weighted by molar-refractivity contribution is 4.81. The van der Waals surface area contributed by atoms with E-state index in [4.69, 9.17) is 9.47 Å². The lowest BCUT2D eigenvalue weighted by atomic mass is 10.0. The molecule has 0 aromatic carbocycles. The van der Waals surface area contributed by atoms with Crippen LogP contribution in [0.25, 0.3) is 0 Å². The van der Waals surface area contributed by atoms with Crippen molar-refractivity contribution in [2.24, 2.45) is 0 Å². The molecule has 4 heteroatoms. The van der Waals surface area contributed by atoms with Crippen LogP contribution in [0.4, 0.5) is 0 Å². The van der Waals surface area contributed by atoms with Gasteiger partial charge in [0.15, 0.2) is 0 Å². The molecular formula is C15H30N2O2. The summed E-state index contributed by atoms with van der Waals surface area (Å²) in [4.78, 5) is 2.48. The molecule has 112 valence electrons. The highest BCUT2D eigenvalue weighted by Crippen LogP contribution is 2.18. The molecule has 0 spiro atoms. The molecule has 0 aliphatic carbocycles. The molecule has 2 aliphatic heterocycles. The van der Waals surface area contributed by atoms with Crippen molar-refractivity contribution in [3.05, 3.63) is 0 Å². The minimum atomic E-state index is -0.0597. The predicted octanol–water partition coefficient (Wildman–Crippen LogP) is 1.64. The van der Waals surface area contributed by atoms with Crippen molar-refractivity contribution in [1.29, 1.82) is 0 Å². The first-order chi connectivity index (χ1) is 9.07. The summed E-state index contributed by atoms with van der Waals surface area (Å²) in [6.07, 6.45) is 5.41. The van der Waals surface area contributed by atoms with Crippen LogP contribution >= 0.6 is 0 Å². The van der Waals surface area contributed by atoms with Crippen LogP contribution in [0.5, 0.6) is 0 Å². The number of hydrogen-bond donors (Lipinski definition) is 1. The molecule has 2 rings (SSSR count). The van der Waals surface area contributed by atoms with Gasteiger partial charge < -0.3 is 19.7 Å². The van der Waals surface area contributed by atoms with Crippen molar-refractivity contribution >= 4 is 0 Å². The normalized spacial score (nSPS) is 32.4. The lowest BCUT2D eigenvalue weighted by Crippen LogP contribution is -2.51. The van der Waals surface area contributed by atoms with E-state index in [1.54, 1.807) is 0 Å². The third-order valence-electron chi connectivity index (χ3n) is 4.23. The first-order valence-electron chi connectivity index (χ1n) is 7.73. The molecule has 1 N–H and O–H groups in total. The summed E-state index contributed by atoms with van der Waals surface area (Å²) in [5.41, 5.74) is -0.0597. The first kappa shape index (κ1) is 15.2. The van der Waals surface area contributed by atoms with Crippen LogP contribution in [0, 0.1) is 0 Å². The van der Waals surface area contributed by atoms with Gasteiger partial charge in [-0.15, -0.1) is 0 Å². The second kappa shape index (κ2) is 7.02. The van der Waals surface area contributed by atoms with Gasteiger partial charge in [0.25, 0.3) is 0 Å². The molecule has 0 saturated carbocycles. The molecule has 2 atom stereocenters. The van der Waals surface area contributed by atoms with Gasteiger partial charge in [-0.25, -0.2) is 0 Å². The first-order valence-corrected chi connectivity index (χ1v) is 7.73. The molecule has 4 nitrogen and oxygen atoms in total. The topological polar surface area (TPSA) is 33.7 Å². The molecule has 0 bridgehead atoms. The smallest absolute Gasteiger partial charge is 0.0940 e. The minimum absolute atomic E-state index is 0.0597. The number of rotatable bonds is 5. The molecule has 0 aromatic rings. The molecular weight excluding hydrogens is 240 g/mol. The van der Waals surface area contributed by atoms with E-state index in [9.17, 15) is 0 Å². The zero-order valence-corrected chi connectivity index (χ0v) is 12.8. The highest BCUT2D eigenvalue weighted by atomic mass is 16.5. The van der Waals surface area contributed by atoms with Crippen LogP contribution in [0.15, 0.2) is 0 Å². The Labute approximate surface area is 117 Å². The van der Waals surface area contributed by atoms with Gasteiger partial charge in [-0.3, -0.25) is 0 Å². The molecule has 2 unspecified atom stereocenters. The molecule has 2 aliphatic rings. The summed E-state index contributed by atoms with van der Waals surface area (Å²) < 4.78 is 11.8. The van der Waals surface area contributed by atoms with Crippen molar-refractivity contribution in [3.8, 4) is 0 Å². The number of morpholine rings is 1. The largest absolute Gasteiger partial charge is 0.379 e. The van der Waals surface area contributed by atoms with E-state index >= 15 is 0 Å². The number of nitrogens with one attached hydrogen (secondary N) is 1. The second-order valence-electron chi connectivity index (χ2n) is 6.62. The van der Waals surface area contributed by atoms with Gasteiger partial charge in [-0.2, -0.15) is 0 Å².